The predicted octanol–water partition coefficient (Wildman–Crippen LogP) is 2.57. The molecule has 0 aromatic carbocycles. The van der Waals surface area contributed by atoms with Crippen molar-refractivity contribution in [3.05, 3.63) is 0 Å². The summed E-state index contributed by atoms with van der Waals surface area (Å²) >= 11 is 0. The summed E-state index contributed by atoms with van der Waals surface area (Å²) in [5, 5.41) is 12.1. The van der Waals surface area contributed by atoms with Gasteiger partial charge in [0.15, 0.2) is 0 Å². The number of carboxylic acid groups (broad SMARTS) is 1. The molecule has 4 saturated carbocycles. The summed E-state index contributed by atoms with van der Waals surface area (Å²) in [4.78, 5) is 22.9. The second-order valence-electron chi connectivity index (χ2n) is 7.65. The second kappa shape index (κ2) is 5.05. The smallest absolute Gasteiger partial charge is 0.303 e. The minimum Gasteiger partial charge on any atom is -0.481 e. The summed E-state index contributed by atoms with van der Waals surface area (Å²) in [6, 6.07) is 0. The lowest BCUT2D eigenvalue weighted by atomic mass is 9.53. The van der Waals surface area contributed by atoms with Gasteiger partial charge in [-0.1, -0.05) is 6.92 Å². The molecule has 0 saturated heterocycles. The van der Waals surface area contributed by atoms with Crippen molar-refractivity contribution in [2.24, 2.45) is 23.7 Å². The average Bonchev–Trinajstić information content (AvgIpc) is 2.23. The lowest BCUT2D eigenvalue weighted by molar-refractivity contribution is -0.138. The minimum absolute atomic E-state index is 0.0504. The fraction of sp³-hybridized carbons (Fsp3) is 0.875. The number of hydrogen-bond acceptors (Lipinski definition) is 2. The molecule has 0 radical (unpaired) electrons. The summed E-state index contributed by atoms with van der Waals surface area (Å²) in [6.45, 7) is 1.84. The van der Waals surface area contributed by atoms with Crippen LogP contribution < -0.4 is 5.32 Å². The van der Waals surface area contributed by atoms with Gasteiger partial charge in [0.2, 0.25) is 5.91 Å². The van der Waals surface area contributed by atoms with Crippen LogP contribution in [0.2, 0.25) is 0 Å². The number of amides is 1. The van der Waals surface area contributed by atoms with Crippen LogP contribution in [0.3, 0.4) is 0 Å². The number of aliphatic carboxylic acids is 1. The SMILES string of the molecule is C[C@H](CC(=O)O)CC(=O)NC12CC3CC(CC(C3)C1)C2. The molecule has 0 spiro atoms. The zero-order chi connectivity index (χ0) is 14.3. The third-order valence-electron chi connectivity index (χ3n) is 5.50. The van der Waals surface area contributed by atoms with E-state index >= 15 is 0 Å². The van der Waals surface area contributed by atoms with E-state index < -0.39 is 5.97 Å². The first kappa shape index (κ1) is 13.9. The molecule has 0 aromatic heterocycles. The van der Waals surface area contributed by atoms with Crippen molar-refractivity contribution in [3.8, 4) is 0 Å². The van der Waals surface area contributed by atoms with E-state index in [9.17, 15) is 9.59 Å². The lowest BCUT2D eigenvalue weighted by Crippen LogP contribution is -2.59. The number of carboxylic acids is 1. The van der Waals surface area contributed by atoms with Crippen molar-refractivity contribution >= 4 is 11.9 Å². The maximum absolute atomic E-state index is 12.2. The average molecular weight is 279 g/mol. The van der Waals surface area contributed by atoms with Gasteiger partial charge in [0.25, 0.3) is 0 Å². The highest BCUT2D eigenvalue weighted by Crippen LogP contribution is 2.55. The van der Waals surface area contributed by atoms with E-state index in [1.54, 1.807) is 0 Å². The molecule has 0 aromatic rings. The summed E-state index contributed by atoms with van der Waals surface area (Å²) in [5.41, 5.74) is 0.0504. The fourth-order valence-electron chi connectivity index (χ4n) is 5.30. The van der Waals surface area contributed by atoms with E-state index in [1.807, 2.05) is 6.92 Å². The first-order valence-corrected chi connectivity index (χ1v) is 7.97. The Labute approximate surface area is 120 Å². The molecule has 20 heavy (non-hydrogen) atoms. The van der Waals surface area contributed by atoms with Crippen LogP contribution in [0.5, 0.6) is 0 Å². The van der Waals surface area contributed by atoms with Crippen molar-refractivity contribution in [2.75, 3.05) is 0 Å². The van der Waals surface area contributed by atoms with Crippen molar-refractivity contribution in [1.29, 1.82) is 0 Å². The van der Waals surface area contributed by atoms with Crippen molar-refractivity contribution < 1.29 is 14.7 Å². The van der Waals surface area contributed by atoms with E-state index in [0.29, 0.717) is 6.42 Å². The molecular weight excluding hydrogens is 254 g/mol. The number of hydrogen-bond donors (Lipinski definition) is 2. The Balaban J connectivity index is 1.57. The highest BCUT2D eigenvalue weighted by Gasteiger charge is 2.51. The van der Waals surface area contributed by atoms with Gasteiger partial charge in [-0.15, -0.1) is 0 Å². The van der Waals surface area contributed by atoms with Gasteiger partial charge in [0, 0.05) is 18.4 Å². The van der Waals surface area contributed by atoms with Crippen LogP contribution in [-0.4, -0.2) is 22.5 Å². The molecule has 4 nitrogen and oxygen atoms in total. The Bertz CT molecular complexity index is 383. The predicted molar refractivity (Wildman–Crippen MR) is 75.1 cm³/mol. The third-order valence-corrected chi connectivity index (χ3v) is 5.50. The fourth-order valence-corrected chi connectivity index (χ4v) is 5.30. The number of carbonyl (C=O) groups is 2. The molecule has 0 heterocycles. The Morgan fingerprint density at radius 3 is 2.05 bits per heavy atom. The number of carbonyl (C=O) groups excluding carboxylic acids is 1. The van der Waals surface area contributed by atoms with E-state index in [4.69, 9.17) is 5.11 Å². The van der Waals surface area contributed by atoms with Gasteiger partial charge >= 0.3 is 5.97 Å². The summed E-state index contributed by atoms with van der Waals surface area (Å²) < 4.78 is 0. The molecule has 112 valence electrons. The van der Waals surface area contributed by atoms with Gasteiger partial charge in [-0.25, -0.2) is 0 Å². The van der Waals surface area contributed by atoms with Crippen LogP contribution in [0.25, 0.3) is 0 Å². The normalized spacial score (nSPS) is 39.5. The van der Waals surface area contributed by atoms with Gasteiger partial charge in [-0.2, -0.15) is 0 Å². The van der Waals surface area contributed by atoms with Crippen molar-refractivity contribution in [3.63, 3.8) is 0 Å². The highest BCUT2D eigenvalue weighted by molar-refractivity contribution is 5.78. The van der Waals surface area contributed by atoms with Gasteiger partial charge < -0.3 is 10.4 Å². The molecule has 4 rings (SSSR count). The van der Waals surface area contributed by atoms with E-state index in [-0.39, 0.29) is 23.8 Å². The summed E-state index contributed by atoms with van der Waals surface area (Å²) in [5.74, 6) is 1.61. The standard InChI is InChI=1S/C16H25NO3/c1-10(3-15(19)20)2-14(18)17-16-7-11-4-12(8-16)6-13(5-11)9-16/h10-13H,2-9H2,1H3,(H,17,18)(H,19,20)/t10-,11?,12?,13?,16?/m0/s1. The van der Waals surface area contributed by atoms with Crippen LogP contribution in [-0.2, 0) is 9.59 Å². The Morgan fingerprint density at radius 2 is 1.60 bits per heavy atom. The summed E-state index contributed by atoms with van der Waals surface area (Å²) in [7, 11) is 0. The molecule has 0 aliphatic heterocycles. The molecule has 1 atom stereocenters. The minimum atomic E-state index is -0.819. The van der Waals surface area contributed by atoms with Crippen LogP contribution in [0.1, 0.15) is 58.3 Å². The highest BCUT2D eigenvalue weighted by atomic mass is 16.4. The Kier molecular flexibility index (Phi) is 3.51. The van der Waals surface area contributed by atoms with E-state index in [0.717, 1.165) is 37.0 Å². The van der Waals surface area contributed by atoms with Gasteiger partial charge in [-0.05, 0) is 62.2 Å². The van der Waals surface area contributed by atoms with Crippen LogP contribution in [0.4, 0.5) is 0 Å². The summed E-state index contributed by atoms with van der Waals surface area (Å²) in [6.07, 6.45) is 7.97. The van der Waals surface area contributed by atoms with Gasteiger partial charge in [0.05, 0.1) is 0 Å². The molecule has 2 N–H and O–H groups in total. The molecular formula is C16H25NO3. The quantitative estimate of drug-likeness (QED) is 0.813. The molecule has 4 heteroatoms. The van der Waals surface area contributed by atoms with Crippen LogP contribution in [0.15, 0.2) is 0 Å². The zero-order valence-electron chi connectivity index (χ0n) is 12.2. The van der Waals surface area contributed by atoms with Crippen molar-refractivity contribution in [2.45, 2.75) is 63.8 Å². The molecule has 1 amide bonds. The van der Waals surface area contributed by atoms with Crippen LogP contribution >= 0.6 is 0 Å². The van der Waals surface area contributed by atoms with E-state index in [1.165, 1.54) is 19.3 Å². The molecule has 4 fully saturated rings. The zero-order valence-corrected chi connectivity index (χ0v) is 12.2. The maximum atomic E-state index is 12.2. The first-order chi connectivity index (χ1) is 9.44. The van der Waals surface area contributed by atoms with Crippen molar-refractivity contribution in [1.82, 2.24) is 5.32 Å². The first-order valence-electron chi connectivity index (χ1n) is 7.97. The molecule has 4 bridgehead atoms. The Morgan fingerprint density at radius 1 is 1.10 bits per heavy atom. The topological polar surface area (TPSA) is 66.4 Å². The maximum Gasteiger partial charge on any atom is 0.303 e. The van der Waals surface area contributed by atoms with Gasteiger partial charge in [0.1, 0.15) is 0 Å². The second-order valence-corrected chi connectivity index (χ2v) is 7.65. The molecule has 4 aliphatic carbocycles. The molecule has 4 aliphatic rings. The third kappa shape index (κ3) is 2.84. The molecule has 0 unspecified atom stereocenters. The monoisotopic (exact) mass is 279 g/mol. The lowest BCUT2D eigenvalue weighted by Gasteiger charge is -2.57. The van der Waals surface area contributed by atoms with Crippen LogP contribution in [0, 0.1) is 23.7 Å². The van der Waals surface area contributed by atoms with E-state index in [2.05, 4.69) is 5.32 Å². The Hall–Kier alpha value is -1.06. The largest absolute Gasteiger partial charge is 0.481 e. The number of nitrogens with one attached hydrogen (secondary N) is 1. The van der Waals surface area contributed by atoms with Gasteiger partial charge in [-0.3, -0.25) is 9.59 Å². The number of rotatable bonds is 5.